The van der Waals surface area contributed by atoms with Crippen LogP contribution in [0.15, 0.2) is 96.4 Å². The zero-order valence-electron chi connectivity index (χ0n) is 15.5. The molecule has 5 aromatic rings. The summed E-state index contributed by atoms with van der Waals surface area (Å²) in [5, 5.41) is 11.6. The first-order chi connectivity index (χ1) is 14.3. The van der Waals surface area contributed by atoms with E-state index in [-0.39, 0.29) is 5.88 Å². The van der Waals surface area contributed by atoms with Crippen LogP contribution in [0.1, 0.15) is 11.1 Å². The highest BCUT2D eigenvalue weighted by Gasteiger charge is 2.18. The lowest BCUT2D eigenvalue weighted by molar-refractivity contribution is 0.457. The zero-order chi connectivity index (χ0) is 19.6. The number of rotatable bonds is 4. The van der Waals surface area contributed by atoms with Crippen molar-refractivity contribution in [2.24, 2.45) is 4.99 Å². The monoisotopic (exact) mass is 378 g/mol. The number of imidazole rings is 1. The molecule has 3 aromatic carbocycles. The van der Waals surface area contributed by atoms with Crippen molar-refractivity contribution < 1.29 is 5.11 Å². The molecule has 0 fully saturated rings. The van der Waals surface area contributed by atoms with Crippen molar-refractivity contribution in [3.63, 3.8) is 0 Å². The van der Waals surface area contributed by atoms with Crippen molar-refractivity contribution in [3.8, 4) is 17.1 Å². The summed E-state index contributed by atoms with van der Waals surface area (Å²) in [5.74, 6) is 0.114. The van der Waals surface area contributed by atoms with Crippen LogP contribution >= 0.6 is 0 Å². The van der Waals surface area contributed by atoms with Crippen LogP contribution in [0, 0.1) is 0 Å². The van der Waals surface area contributed by atoms with Gasteiger partial charge >= 0.3 is 0 Å². The third-order valence-corrected chi connectivity index (χ3v) is 4.89. The van der Waals surface area contributed by atoms with E-state index >= 15 is 0 Å². The molecule has 0 unspecified atom stereocenters. The molecular weight excluding hydrogens is 360 g/mol. The van der Waals surface area contributed by atoms with Crippen LogP contribution in [0.2, 0.25) is 0 Å². The van der Waals surface area contributed by atoms with Crippen molar-refractivity contribution >= 4 is 22.3 Å². The highest BCUT2D eigenvalue weighted by molar-refractivity contribution is 6.21. The quantitative estimate of drug-likeness (QED) is 0.365. The SMILES string of the molecule is Oc1[nH]c2ccccc2c1C(=Nc1ccc(-c2cnc[nH]2)cc1)c1ccccc1. The highest BCUT2D eigenvalue weighted by Crippen LogP contribution is 2.31. The van der Waals surface area contributed by atoms with Gasteiger partial charge in [0, 0.05) is 16.5 Å². The van der Waals surface area contributed by atoms with E-state index in [1.54, 1.807) is 12.5 Å². The number of aromatic nitrogens is 3. The second-order valence-electron chi connectivity index (χ2n) is 6.73. The van der Waals surface area contributed by atoms with Gasteiger partial charge in [-0.05, 0) is 23.8 Å². The molecule has 140 valence electrons. The molecule has 0 aliphatic carbocycles. The van der Waals surface area contributed by atoms with Crippen LogP contribution in [-0.4, -0.2) is 25.8 Å². The maximum absolute atomic E-state index is 10.7. The van der Waals surface area contributed by atoms with Crippen molar-refractivity contribution in [1.29, 1.82) is 0 Å². The van der Waals surface area contributed by atoms with Gasteiger partial charge in [-0.3, -0.25) is 0 Å². The summed E-state index contributed by atoms with van der Waals surface area (Å²) in [6.45, 7) is 0. The molecule has 2 aromatic heterocycles. The molecule has 0 amide bonds. The van der Waals surface area contributed by atoms with Gasteiger partial charge in [0.15, 0.2) is 5.88 Å². The molecule has 0 atom stereocenters. The van der Waals surface area contributed by atoms with Gasteiger partial charge < -0.3 is 15.1 Å². The fraction of sp³-hybridized carbons (Fsp3) is 0. The maximum Gasteiger partial charge on any atom is 0.199 e. The van der Waals surface area contributed by atoms with Gasteiger partial charge in [-0.1, -0.05) is 60.7 Å². The summed E-state index contributed by atoms with van der Waals surface area (Å²) in [6.07, 6.45) is 3.45. The molecule has 0 saturated carbocycles. The Morgan fingerprint density at radius 1 is 0.862 bits per heavy atom. The van der Waals surface area contributed by atoms with Crippen molar-refractivity contribution in [2.45, 2.75) is 0 Å². The Kier molecular flexibility index (Phi) is 4.18. The Morgan fingerprint density at radius 2 is 1.62 bits per heavy atom. The van der Waals surface area contributed by atoms with Crippen molar-refractivity contribution in [1.82, 2.24) is 15.0 Å². The minimum absolute atomic E-state index is 0.114. The van der Waals surface area contributed by atoms with E-state index in [4.69, 9.17) is 4.99 Å². The molecule has 5 rings (SSSR count). The number of nitrogens with one attached hydrogen (secondary N) is 2. The first kappa shape index (κ1) is 17.0. The van der Waals surface area contributed by atoms with E-state index in [1.807, 2.05) is 78.9 Å². The van der Waals surface area contributed by atoms with Gasteiger partial charge in [0.25, 0.3) is 0 Å². The smallest absolute Gasteiger partial charge is 0.199 e. The normalized spacial score (nSPS) is 11.8. The summed E-state index contributed by atoms with van der Waals surface area (Å²) in [5.41, 5.74) is 6.02. The van der Waals surface area contributed by atoms with Gasteiger partial charge in [-0.15, -0.1) is 0 Å². The molecule has 29 heavy (non-hydrogen) atoms. The Bertz CT molecular complexity index is 1280. The van der Waals surface area contributed by atoms with Gasteiger partial charge in [0.2, 0.25) is 0 Å². The summed E-state index contributed by atoms with van der Waals surface area (Å²) in [6, 6.07) is 25.7. The van der Waals surface area contributed by atoms with E-state index in [0.29, 0.717) is 5.56 Å². The number of aromatic amines is 2. The number of hydrogen-bond donors (Lipinski definition) is 3. The van der Waals surface area contributed by atoms with Gasteiger partial charge in [-0.2, -0.15) is 0 Å². The number of aliphatic imine (C=N–C) groups is 1. The zero-order valence-corrected chi connectivity index (χ0v) is 15.5. The van der Waals surface area contributed by atoms with Crippen molar-refractivity contribution in [2.75, 3.05) is 0 Å². The average molecular weight is 378 g/mol. The lowest BCUT2D eigenvalue weighted by Gasteiger charge is -2.08. The fourth-order valence-electron chi connectivity index (χ4n) is 3.49. The second-order valence-corrected chi connectivity index (χ2v) is 6.73. The molecule has 5 heteroatoms. The molecule has 2 heterocycles. The molecule has 0 radical (unpaired) electrons. The molecule has 3 N–H and O–H groups in total. The molecule has 0 bridgehead atoms. The Morgan fingerprint density at radius 3 is 2.38 bits per heavy atom. The third-order valence-electron chi connectivity index (χ3n) is 4.89. The third kappa shape index (κ3) is 3.19. The van der Waals surface area contributed by atoms with E-state index in [0.717, 1.165) is 39.1 Å². The van der Waals surface area contributed by atoms with Gasteiger partial charge in [-0.25, -0.2) is 9.98 Å². The van der Waals surface area contributed by atoms with E-state index in [2.05, 4.69) is 15.0 Å². The number of fused-ring (bicyclic) bond motifs is 1. The predicted molar refractivity (Wildman–Crippen MR) is 116 cm³/mol. The largest absolute Gasteiger partial charge is 0.494 e. The van der Waals surface area contributed by atoms with Crippen LogP contribution in [0.3, 0.4) is 0 Å². The highest BCUT2D eigenvalue weighted by atomic mass is 16.3. The lowest BCUT2D eigenvalue weighted by Crippen LogP contribution is -2.02. The molecule has 0 spiro atoms. The standard InChI is InChI=1S/C24H18N4O/c29-24-22(19-8-4-5-9-20(19)28-24)23(17-6-2-1-3-7-17)27-18-12-10-16(11-13-18)21-14-25-15-26-21/h1-15,28-29H,(H,25,26). The molecule has 0 aliphatic rings. The maximum atomic E-state index is 10.7. The summed E-state index contributed by atoms with van der Waals surface area (Å²) < 4.78 is 0. The Hall–Kier alpha value is -4.12. The van der Waals surface area contributed by atoms with E-state index < -0.39 is 0 Å². The van der Waals surface area contributed by atoms with Crippen LogP contribution in [0.4, 0.5) is 5.69 Å². The predicted octanol–water partition coefficient (Wildman–Crippen LogP) is 5.43. The lowest BCUT2D eigenvalue weighted by atomic mass is 10.0. The van der Waals surface area contributed by atoms with Gasteiger partial charge in [0.05, 0.1) is 35.2 Å². The van der Waals surface area contributed by atoms with E-state index in [1.165, 1.54) is 0 Å². The number of benzene rings is 3. The minimum atomic E-state index is 0.114. The first-order valence-electron chi connectivity index (χ1n) is 9.32. The molecule has 5 nitrogen and oxygen atoms in total. The summed E-state index contributed by atoms with van der Waals surface area (Å²) >= 11 is 0. The van der Waals surface area contributed by atoms with Gasteiger partial charge in [0.1, 0.15) is 0 Å². The summed E-state index contributed by atoms with van der Waals surface area (Å²) in [7, 11) is 0. The van der Waals surface area contributed by atoms with Crippen LogP contribution in [-0.2, 0) is 0 Å². The van der Waals surface area contributed by atoms with E-state index in [9.17, 15) is 5.11 Å². The Balaban J connectivity index is 1.66. The number of aromatic hydroxyl groups is 1. The van der Waals surface area contributed by atoms with Crippen molar-refractivity contribution in [3.05, 3.63) is 103 Å². The van der Waals surface area contributed by atoms with Crippen LogP contribution in [0.25, 0.3) is 22.2 Å². The average Bonchev–Trinajstić information content (AvgIpc) is 3.41. The topological polar surface area (TPSA) is 77.1 Å². The number of nitrogens with zero attached hydrogens (tertiary/aromatic N) is 2. The number of H-pyrrole nitrogens is 2. The number of para-hydroxylation sites is 1. The molecule has 0 saturated heterocycles. The minimum Gasteiger partial charge on any atom is -0.494 e. The summed E-state index contributed by atoms with van der Waals surface area (Å²) in [4.78, 5) is 15.1. The second kappa shape index (κ2) is 7.13. The van der Waals surface area contributed by atoms with Crippen LogP contribution in [0.5, 0.6) is 5.88 Å². The molecule has 0 aliphatic heterocycles. The fourth-order valence-corrected chi connectivity index (χ4v) is 3.49. The van der Waals surface area contributed by atoms with Crippen LogP contribution < -0.4 is 0 Å². The number of hydrogen-bond acceptors (Lipinski definition) is 3. The molecular formula is C24H18N4O. The Labute approximate surface area is 167 Å². The first-order valence-corrected chi connectivity index (χ1v) is 9.32.